The molecule has 20 heavy (non-hydrogen) atoms. The predicted molar refractivity (Wildman–Crippen MR) is 72.1 cm³/mol. The second kappa shape index (κ2) is 4.86. The molecule has 3 aromatic rings. The summed E-state index contributed by atoms with van der Waals surface area (Å²) in [6.45, 7) is 1.71. The van der Waals surface area contributed by atoms with Crippen LogP contribution in [0.4, 0.5) is 0 Å². The van der Waals surface area contributed by atoms with E-state index >= 15 is 0 Å². The van der Waals surface area contributed by atoms with Gasteiger partial charge in [-0.05, 0) is 6.92 Å². The summed E-state index contributed by atoms with van der Waals surface area (Å²) in [6.07, 6.45) is 5.33. The number of aliphatic hydroxyl groups excluding tert-OH is 1. The summed E-state index contributed by atoms with van der Waals surface area (Å²) in [6, 6.07) is 7.52. The Morgan fingerprint density at radius 3 is 2.75 bits per heavy atom. The Hall–Kier alpha value is -2.53. The van der Waals surface area contributed by atoms with E-state index in [-0.39, 0.29) is 12.2 Å². The summed E-state index contributed by atoms with van der Waals surface area (Å²) in [5.41, 5.74) is 2.62. The zero-order valence-corrected chi connectivity index (χ0v) is 11.0. The van der Waals surface area contributed by atoms with Crippen molar-refractivity contribution in [3.63, 3.8) is 0 Å². The van der Waals surface area contributed by atoms with Crippen molar-refractivity contribution in [3.05, 3.63) is 59.7 Å². The van der Waals surface area contributed by atoms with Crippen LogP contribution in [0, 0.1) is 12.3 Å². The summed E-state index contributed by atoms with van der Waals surface area (Å²) >= 11 is 0. The van der Waals surface area contributed by atoms with E-state index in [1.54, 1.807) is 6.20 Å². The summed E-state index contributed by atoms with van der Waals surface area (Å²) in [4.78, 5) is 4.18. The number of fused-ring (bicyclic) bond motifs is 1. The fraction of sp³-hybridized carbons (Fsp3) is 0.133. The van der Waals surface area contributed by atoms with Gasteiger partial charge in [-0.1, -0.05) is 6.07 Å². The van der Waals surface area contributed by atoms with Crippen LogP contribution in [-0.4, -0.2) is 10.1 Å². The molecule has 0 aliphatic rings. The molecule has 0 unspecified atom stereocenters. The molecule has 5 heteroatoms. The standard InChI is InChI=1S/C15H14N3O2/c1-10-14-12(11(9-19)8-17-10)7-13(15(16)20-14)18-5-3-2-4-6-18/h2-8,16,19H,9H2,1H3/q+1. The second-order valence-electron chi connectivity index (χ2n) is 4.51. The van der Waals surface area contributed by atoms with Crippen molar-refractivity contribution in [3.8, 4) is 5.69 Å². The third-order valence-corrected chi connectivity index (χ3v) is 3.22. The number of hydrogen-bond donors (Lipinski definition) is 2. The van der Waals surface area contributed by atoms with Gasteiger partial charge in [-0.15, -0.1) is 0 Å². The number of pyridine rings is 2. The van der Waals surface area contributed by atoms with E-state index in [9.17, 15) is 5.11 Å². The van der Waals surface area contributed by atoms with Crippen LogP contribution in [0.1, 0.15) is 11.3 Å². The normalized spacial score (nSPS) is 10.9. The molecule has 0 bridgehead atoms. The lowest BCUT2D eigenvalue weighted by Gasteiger charge is -2.05. The molecule has 100 valence electrons. The summed E-state index contributed by atoms with van der Waals surface area (Å²) in [5, 5.41) is 18.2. The Bertz CT molecular complexity index is 826. The Labute approximate surface area is 115 Å². The number of rotatable bonds is 2. The lowest BCUT2D eigenvalue weighted by molar-refractivity contribution is -0.597. The highest BCUT2D eigenvalue weighted by molar-refractivity contribution is 5.82. The van der Waals surface area contributed by atoms with Gasteiger partial charge in [-0.2, -0.15) is 4.57 Å². The lowest BCUT2D eigenvalue weighted by atomic mass is 10.1. The van der Waals surface area contributed by atoms with Gasteiger partial charge in [-0.3, -0.25) is 10.4 Å². The Balaban J connectivity index is 2.36. The Morgan fingerprint density at radius 1 is 1.30 bits per heavy atom. The molecule has 3 aromatic heterocycles. The maximum atomic E-state index is 9.42. The molecule has 5 nitrogen and oxygen atoms in total. The smallest absolute Gasteiger partial charge is 0.286 e. The molecule has 2 N–H and O–H groups in total. The molecule has 0 amide bonds. The van der Waals surface area contributed by atoms with Crippen molar-refractivity contribution < 1.29 is 14.1 Å². The van der Waals surface area contributed by atoms with Crippen LogP contribution in [0.25, 0.3) is 16.7 Å². The van der Waals surface area contributed by atoms with E-state index in [1.165, 1.54) is 0 Å². The highest BCUT2D eigenvalue weighted by Crippen LogP contribution is 2.20. The lowest BCUT2D eigenvalue weighted by Crippen LogP contribution is -2.35. The van der Waals surface area contributed by atoms with E-state index in [0.717, 1.165) is 5.39 Å². The monoisotopic (exact) mass is 268 g/mol. The number of aromatic nitrogens is 2. The van der Waals surface area contributed by atoms with E-state index in [4.69, 9.17) is 9.83 Å². The molecule has 0 saturated carbocycles. The summed E-state index contributed by atoms with van der Waals surface area (Å²) < 4.78 is 7.40. The molecule has 3 rings (SSSR count). The average Bonchev–Trinajstić information content (AvgIpc) is 2.49. The minimum Gasteiger partial charge on any atom is -0.432 e. The molecule has 0 spiro atoms. The minimum absolute atomic E-state index is 0.0636. The number of aryl methyl sites for hydroxylation is 1. The van der Waals surface area contributed by atoms with Gasteiger partial charge in [-0.25, -0.2) is 0 Å². The van der Waals surface area contributed by atoms with Gasteiger partial charge in [0.2, 0.25) is 0 Å². The maximum Gasteiger partial charge on any atom is 0.286 e. The first-order valence-electron chi connectivity index (χ1n) is 6.25. The fourth-order valence-electron chi connectivity index (χ4n) is 2.16. The molecular weight excluding hydrogens is 254 g/mol. The molecule has 0 aliphatic heterocycles. The van der Waals surface area contributed by atoms with Crippen LogP contribution in [0.5, 0.6) is 0 Å². The van der Waals surface area contributed by atoms with Crippen molar-refractivity contribution in [2.75, 3.05) is 0 Å². The van der Waals surface area contributed by atoms with Gasteiger partial charge in [0.05, 0.1) is 12.3 Å². The van der Waals surface area contributed by atoms with Gasteiger partial charge in [0.25, 0.3) is 11.2 Å². The molecule has 0 atom stereocenters. The molecule has 3 heterocycles. The molecule has 0 fully saturated rings. The first-order chi connectivity index (χ1) is 9.70. The van der Waals surface area contributed by atoms with Crippen LogP contribution in [0.3, 0.4) is 0 Å². The zero-order valence-electron chi connectivity index (χ0n) is 11.0. The van der Waals surface area contributed by atoms with Gasteiger partial charge in [0, 0.05) is 35.3 Å². The molecule has 0 radical (unpaired) electrons. The van der Waals surface area contributed by atoms with Crippen molar-refractivity contribution in [1.29, 1.82) is 5.41 Å². The number of nitrogens with one attached hydrogen (secondary N) is 1. The number of aliphatic hydroxyl groups is 1. The summed E-state index contributed by atoms with van der Waals surface area (Å²) in [5.74, 6) is 0. The largest absolute Gasteiger partial charge is 0.432 e. The molecule has 0 saturated heterocycles. The average molecular weight is 268 g/mol. The fourth-order valence-corrected chi connectivity index (χ4v) is 2.16. The SMILES string of the molecule is Cc1ncc(CO)c2cc(-[n+]3ccccc3)c(=N)oc12. The van der Waals surface area contributed by atoms with Crippen LogP contribution in [0.2, 0.25) is 0 Å². The first-order valence-corrected chi connectivity index (χ1v) is 6.25. The van der Waals surface area contributed by atoms with E-state index < -0.39 is 0 Å². The second-order valence-corrected chi connectivity index (χ2v) is 4.51. The Kier molecular flexibility index (Phi) is 3.04. The van der Waals surface area contributed by atoms with Crippen LogP contribution < -0.4 is 10.1 Å². The van der Waals surface area contributed by atoms with E-state index in [2.05, 4.69) is 4.98 Å². The number of nitrogens with zero attached hydrogens (tertiary/aromatic N) is 2. The maximum absolute atomic E-state index is 9.42. The van der Waals surface area contributed by atoms with Gasteiger partial charge < -0.3 is 9.52 Å². The van der Waals surface area contributed by atoms with Gasteiger partial charge in [0.1, 0.15) is 0 Å². The molecule has 0 aromatic carbocycles. The van der Waals surface area contributed by atoms with Crippen LogP contribution in [0.15, 0.2) is 47.3 Å². The van der Waals surface area contributed by atoms with Gasteiger partial charge in [0.15, 0.2) is 18.0 Å². The van der Waals surface area contributed by atoms with Crippen LogP contribution >= 0.6 is 0 Å². The molecule has 0 aliphatic carbocycles. The third-order valence-electron chi connectivity index (χ3n) is 3.22. The third kappa shape index (κ3) is 1.98. The van der Waals surface area contributed by atoms with Crippen molar-refractivity contribution in [2.24, 2.45) is 0 Å². The van der Waals surface area contributed by atoms with Crippen LogP contribution in [-0.2, 0) is 6.61 Å². The Morgan fingerprint density at radius 2 is 2.05 bits per heavy atom. The zero-order chi connectivity index (χ0) is 14.1. The van der Waals surface area contributed by atoms with Gasteiger partial charge >= 0.3 is 0 Å². The summed E-state index contributed by atoms with van der Waals surface area (Å²) in [7, 11) is 0. The number of hydrogen-bond acceptors (Lipinski definition) is 4. The highest BCUT2D eigenvalue weighted by Gasteiger charge is 2.15. The van der Waals surface area contributed by atoms with Crippen molar-refractivity contribution in [1.82, 2.24) is 4.98 Å². The van der Waals surface area contributed by atoms with Crippen molar-refractivity contribution in [2.45, 2.75) is 13.5 Å². The quantitative estimate of drug-likeness (QED) is 0.690. The highest BCUT2D eigenvalue weighted by atomic mass is 16.3. The minimum atomic E-state index is -0.116. The topological polar surface area (TPSA) is 74.0 Å². The van der Waals surface area contributed by atoms with Crippen molar-refractivity contribution >= 4 is 11.0 Å². The molecular formula is C15H14N3O2+. The van der Waals surface area contributed by atoms with E-state index in [0.29, 0.717) is 22.5 Å². The van der Waals surface area contributed by atoms with E-state index in [1.807, 2.05) is 48.1 Å². The first kappa shape index (κ1) is 12.5. The predicted octanol–water partition coefficient (Wildman–Crippen LogP) is 1.38.